The fourth-order valence-electron chi connectivity index (χ4n) is 0.816. The molecule has 0 spiro atoms. The summed E-state index contributed by atoms with van der Waals surface area (Å²) < 4.78 is 18.3. The number of azide groups is 1. The smallest absolute Gasteiger partial charge is 0.137 e. The second kappa shape index (κ2) is 5.47. The summed E-state index contributed by atoms with van der Waals surface area (Å²) >= 11 is 3.03. The third-order valence-corrected chi connectivity index (χ3v) is 2.02. The first-order valence-corrected chi connectivity index (χ1v) is 4.62. The van der Waals surface area contributed by atoms with Crippen LogP contribution in [0.2, 0.25) is 0 Å². The second-order valence-corrected chi connectivity index (χ2v) is 3.23. The molecule has 0 aliphatic rings. The Labute approximate surface area is 88.4 Å². The molecule has 0 atom stereocenters. The summed E-state index contributed by atoms with van der Waals surface area (Å²) in [7, 11) is 0. The van der Waals surface area contributed by atoms with Gasteiger partial charge in [0, 0.05) is 4.91 Å². The van der Waals surface area contributed by atoms with E-state index in [1.807, 2.05) is 0 Å². The van der Waals surface area contributed by atoms with Crippen LogP contribution in [0.4, 0.5) is 4.39 Å². The SMILES string of the molecule is [N-]=[N+]=NCCOc1ccc(F)c(Br)c1. The zero-order valence-electron chi connectivity index (χ0n) is 7.15. The summed E-state index contributed by atoms with van der Waals surface area (Å²) in [6, 6.07) is 4.33. The number of nitrogens with zero attached hydrogens (tertiary/aromatic N) is 3. The summed E-state index contributed by atoms with van der Waals surface area (Å²) in [6.45, 7) is 0.535. The van der Waals surface area contributed by atoms with Gasteiger partial charge in [0.15, 0.2) is 0 Å². The average molecular weight is 260 g/mol. The molecular formula is C8H7BrFN3O. The van der Waals surface area contributed by atoms with Gasteiger partial charge in [-0.05, 0) is 39.7 Å². The number of benzene rings is 1. The molecular weight excluding hydrogens is 253 g/mol. The molecule has 0 bridgehead atoms. The first kappa shape index (κ1) is 10.8. The zero-order valence-corrected chi connectivity index (χ0v) is 8.74. The number of rotatable bonds is 4. The third-order valence-electron chi connectivity index (χ3n) is 1.41. The Kier molecular flexibility index (Phi) is 4.22. The standard InChI is InChI=1S/C8H7BrFN3O/c9-7-5-6(1-2-8(7)10)14-4-3-12-13-11/h1-2,5H,3-4H2. The molecule has 0 radical (unpaired) electrons. The van der Waals surface area contributed by atoms with Gasteiger partial charge in [0.05, 0.1) is 17.6 Å². The van der Waals surface area contributed by atoms with Crippen molar-refractivity contribution < 1.29 is 9.13 Å². The predicted octanol–water partition coefficient (Wildman–Crippen LogP) is 3.28. The fraction of sp³-hybridized carbons (Fsp3) is 0.250. The maximum absolute atomic E-state index is 12.8. The van der Waals surface area contributed by atoms with Crippen LogP contribution < -0.4 is 4.74 Å². The highest BCUT2D eigenvalue weighted by molar-refractivity contribution is 9.10. The van der Waals surface area contributed by atoms with E-state index in [1.165, 1.54) is 18.2 Å². The average Bonchev–Trinajstić information content (AvgIpc) is 2.18. The van der Waals surface area contributed by atoms with Crippen LogP contribution in [0.5, 0.6) is 5.75 Å². The monoisotopic (exact) mass is 259 g/mol. The highest BCUT2D eigenvalue weighted by atomic mass is 79.9. The summed E-state index contributed by atoms with van der Waals surface area (Å²) in [5.41, 5.74) is 7.99. The van der Waals surface area contributed by atoms with Gasteiger partial charge in [-0.3, -0.25) is 0 Å². The molecule has 0 fully saturated rings. The van der Waals surface area contributed by atoms with Crippen molar-refractivity contribution >= 4 is 15.9 Å². The molecule has 6 heteroatoms. The minimum Gasteiger partial charge on any atom is -0.493 e. The highest BCUT2D eigenvalue weighted by Gasteiger charge is 2.00. The molecule has 0 amide bonds. The highest BCUT2D eigenvalue weighted by Crippen LogP contribution is 2.21. The van der Waals surface area contributed by atoms with Gasteiger partial charge in [-0.25, -0.2) is 4.39 Å². The molecule has 1 aromatic rings. The van der Waals surface area contributed by atoms with E-state index >= 15 is 0 Å². The molecule has 14 heavy (non-hydrogen) atoms. The van der Waals surface area contributed by atoms with E-state index in [0.717, 1.165) is 0 Å². The van der Waals surface area contributed by atoms with Gasteiger partial charge < -0.3 is 4.74 Å². The van der Waals surface area contributed by atoms with Crippen molar-refractivity contribution in [3.05, 3.63) is 38.9 Å². The normalized spacial score (nSPS) is 9.29. The van der Waals surface area contributed by atoms with Gasteiger partial charge in [0.1, 0.15) is 11.6 Å². The lowest BCUT2D eigenvalue weighted by atomic mass is 10.3. The quantitative estimate of drug-likeness (QED) is 0.354. The van der Waals surface area contributed by atoms with Gasteiger partial charge >= 0.3 is 0 Å². The largest absolute Gasteiger partial charge is 0.493 e. The van der Waals surface area contributed by atoms with E-state index in [-0.39, 0.29) is 19.0 Å². The maximum atomic E-state index is 12.8. The minimum absolute atomic E-state index is 0.255. The van der Waals surface area contributed by atoms with Crippen molar-refractivity contribution in [3.63, 3.8) is 0 Å². The van der Waals surface area contributed by atoms with E-state index in [2.05, 4.69) is 26.0 Å². The molecule has 0 aromatic heterocycles. The Hall–Kier alpha value is -1.26. The minimum atomic E-state index is -0.340. The van der Waals surface area contributed by atoms with Crippen molar-refractivity contribution in [1.29, 1.82) is 0 Å². The van der Waals surface area contributed by atoms with Gasteiger partial charge in [-0.15, -0.1) is 0 Å². The summed E-state index contributed by atoms with van der Waals surface area (Å²) in [5.74, 6) is 0.193. The molecule has 0 aliphatic heterocycles. The van der Waals surface area contributed by atoms with Crippen molar-refractivity contribution in [2.24, 2.45) is 5.11 Å². The van der Waals surface area contributed by atoms with Crippen LogP contribution in [0, 0.1) is 5.82 Å². The lowest BCUT2D eigenvalue weighted by molar-refractivity contribution is 0.327. The van der Waals surface area contributed by atoms with E-state index in [4.69, 9.17) is 10.3 Å². The Morgan fingerprint density at radius 2 is 2.36 bits per heavy atom. The number of halogens is 2. The molecule has 1 aromatic carbocycles. The Morgan fingerprint density at radius 1 is 1.57 bits per heavy atom. The summed E-state index contributed by atoms with van der Waals surface area (Å²) in [6.07, 6.45) is 0. The van der Waals surface area contributed by atoms with Crippen molar-refractivity contribution in [1.82, 2.24) is 0 Å². The van der Waals surface area contributed by atoms with Crippen LogP contribution in [0.25, 0.3) is 10.4 Å². The van der Waals surface area contributed by atoms with Crippen molar-refractivity contribution in [2.75, 3.05) is 13.2 Å². The molecule has 0 heterocycles. The number of ether oxygens (including phenoxy) is 1. The molecule has 1 rings (SSSR count). The second-order valence-electron chi connectivity index (χ2n) is 2.38. The first-order valence-electron chi connectivity index (χ1n) is 3.83. The zero-order chi connectivity index (χ0) is 10.4. The van der Waals surface area contributed by atoms with E-state index in [9.17, 15) is 4.39 Å². The lowest BCUT2D eigenvalue weighted by Crippen LogP contribution is -2.00. The summed E-state index contributed by atoms with van der Waals surface area (Å²) in [4.78, 5) is 2.57. The van der Waals surface area contributed by atoms with E-state index < -0.39 is 0 Å². The van der Waals surface area contributed by atoms with Crippen molar-refractivity contribution in [3.8, 4) is 5.75 Å². The number of hydrogen-bond donors (Lipinski definition) is 0. The molecule has 74 valence electrons. The van der Waals surface area contributed by atoms with Crippen LogP contribution in [0.3, 0.4) is 0 Å². The lowest BCUT2D eigenvalue weighted by Gasteiger charge is -2.04. The Balaban J connectivity index is 2.51. The molecule has 0 N–H and O–H groups in total. The molecule has 0 saturated carbocycles. The first-order chi connectivity index (χ1) is 6.74. The molecule has 0 saturated heterocycles. The third kappa shape index (κ3) is 3.24. The fourth-order valence-corrected chi connectivity index (χ4v) is 1.17. The van der Waals surface area contributed by atoms with Crippen LogP contribution >= 0.6 is 15.9 Å². The number of hydrogen-bond acceptors (Lipinski definition) is 2. The maximum Gasteiger partial charge on any atom is 0.137 e. The van der Waals surface area contributed by atoms with Crippen LogP contribution in [-0.2, 0) is 0 Å². The predicted molar refractivity (Wildman–Crippen MR) is 53.6 cm³/mol. The van der Waals surface area contributed by atoms with Gasteiger partial charge in [0.2, 0.25) is 0 Å². The summed E-state index contributed by atoms with van der Waals surface area (Å²) in [5, 5.41) is 3.30. The van der Waals surface area contributed by atoms with Crippen LogP contribution in [-0.4, -0.2) is 13.2 Å². The Morgan fingerprint density at radius 3 is 3.00 bits per heavy atom. The van der Waals surface area contributed by atoms with Gasteiger partial charge in [-0.2, -0.15) is 0 Å². The molecule has 4 nitrogen and oxygen atoms in total. The van der Waals surface area contributed by atoms with E-state index in [1.54, 1.807) is 0 Å². The van der Waals surface area contributed by atoms with Gasteiger partial charge in [0.25, 0.3) is 0 Å². The Bertz CT molecular complexity index is 366. The van der Waals surface area contributed by atoms with Crippen molar-refractivity contribution in [2.45, 2.75) is 0 Å². The van der Waals surface area contributed by atoms with Gasteiger partial charge in [-0.1, -0.05) is 5.11 Å². The topological polar surface area (TPSA) is 58.0 Å². The van der Waals surface area contributed by atoms with E-state index in [0.29, 0.717) is 10.2 Å². The van der Waals surface area contributed by atoms with Crippen LogP contribution in [0.15, 0.2) is 27.8 Å². The molecule has 0 unspecified atom stereocenters. The van der Waals surface area contributed by atoms with Crippen LogP contribution in [0.1, 0.15) is 0 Å². The molecule has 0 aliphatic carbocycles.